The van der Waals surface area contributed by atoms with Gasteiger partial charge in [-0.15, -0.1) is 0 Å². The van der Waals surface area contributed by atoms with Crippen molar-refractivity contribution in [3.8, 4) is 11.8 Å². The highest BCUT2D eigenvalue weighted by atomic mass is 19.4. The minimum absolute atomic E-state index is 0.111. The van der Waals surface area contributed by atoms with Crippen LogP contribution in [0.15, 0.2) is 72.9 Å². The van der Waals surface area contributed by atoms with E-state index >= 15 is 0 Å². The standard InChI is InChI=1S/2C19H19F3N2O4/c1-18(2,3)28-17(26)14-9-11(19(20,21)22)5-6-13(14)16(25)24-12-7-8-23-15(10-12)27-4;1-18(2,3)28-17(26)13-10-11(19(20,21)22)8-9-12(13)16(25)24-14-6-5-7-15(23-14)27-4/h2*5-10H,1-4H3,(H,23,24,25). The molecule has 0 fully saturated rings. The van der Waals surface area contributed by atoms with Gasteiger partial charge in [-0.25, -0.2) is 14.6 Å². The van der Waals surface area contributed by atoms with Crippen LogP contribution < -0.4 is 20.1 Å². The predicted octanol–water partition coefficient (Wildman–Crippen LogP) is 8.63. The normalized spacial score (nSPS) is 11.7. The Morgan fingerprint density at radius 3 is 1.46 bits per heavy atom. The van der Waals surface area contributed by atoms with Gasteiger partial charge in [0.15, 0.2) is 0 Å². The third-order valence-electron chi connectivity index (χ3n) is 6.80. The van der Waals surface area contributed by atoms with Crippen molar-refractivity contribution in [2.45, 2.75) is 65.1 Å². The lowest BCUT2D eigenvalue weighted by molar-refractivity contribution is -0.138. The van der Waals surface area contributed by atoms with E-state index in [0.29, 0.717) is 17.8 Å². The van der Waals surface area contributed by atoms with Gasteiger partial charge in [0.1, 0.15) is 17.0 Å². The number of halogens is 6. The van der Waals surface area contributed by atoms with E-state index in [0.717, 1.165) is 24.3 Å². The molecular formula is C38H38F6N4O8. The van der Waals surface area contributed by atoms with Crippen LogP contribution in [-0.4, -0.2) is 59.1 Å². The Bertz CT molecular complexity index is 1930. The van der Waals surface area contributed by atoms with Gasteiger partial charge in [0.2, 0.25) is 11.8 Å². The van der Waals surface area contributed by atoms with Crippen LogP contribution in [-0.2, 0) is 21.8 Å². The van der Waals surface area contributed by atoms with Gasteiger partial charge in [0, 0.05) is 24.0 Å². The fraction of sp³-hybridized carbons (Fsp3) is 0.316. The van der Waals surface area contributed by atoms with Gasteiger partial charge in [-0.1, -0.05) is 6.07 Å². The van der Waals surface area contributed by atoms with Gasteiger partial charge in [0.25, 0.3) is 11.8 Å². The van der Waals surface area contributed by atoms with Crippen LogP contribution in [0.1, 0.15) is 94.1 Å². The first-order valence-electron chi connectivity index (χ1n) is 16.3. The van der Waals surface area contributed by atoms with E-state index in [1.807, 2.05) is 0 Å². The number of nitrogens with one attached hydrogen (secondary N) is 2. The van der Waals surface area contributed by atoms with Crippen molar-refractivity contribution >= 4 is 35.3 Å². The monoisotopic (exact) mass is 792 g/mol. The van der Waals surface area contributed by atoms with Crippen molar-refractivity contribution < 1.29 is 64.5 Å². The maximum Gasteiger partial charge on any atom is 0.416 e. The van der Waals surface area contributed by atoms with E-state index in [4.69, 9.17) is 18.9 Å². The molecule has 0 aliphatic carbocycles. The molecule has 300 valence electrons. The molecule has 0 unspecified atom stereocenters. The van der Waals surface area contributed by atoms with Crippen LogP contribution in [0.2, 0.25) is 0 Å². The summed E-state index contributed by atoms with van der Waals surface area (Å²) < 4.78 is 98.5. The number of hydrogen-bond donors (Lipinski definition) is 2. The van der Waals surface area contributed by atoms with Crippen molar-refractivity contribution in [2.24, 2.45) is 0 Å². The summed E-state index contributed by atoms with van der Waals surface area (Å²) in [4.78, 5) is 57.9. The van der Waals surface area contributed by atoms with Crippen LogP contribution >= 0.6 is 0 Å². The number of esters is 2. The van der Waals surface area contributed by atoms with E-state index in [1.165, 1.54) is 38.6 Å². The molecule has 0 spiro atoms. The SMILES string of the molecule is COc1cc(NC(=O)c2ccc(C(F)(F)F)cc2C(=O)OC(C)(C)C)ccn1.COc1cccc(NC(=O)c2ccc(C(F)(F)F)cc2C(=O)OC(C)(C)C)n1. The first kappa shape index (κ1) is 44.2. The van der Waals surface area contributed by atoms with Crippen molar-refractivity contribution in [3.63, 3.8) is 0 Å². The minimum atomic E-state index is -4.68. The van der Waals surface area contributed by atoms with Crippen molar-refractivity contribution in [1.82, 2.24) is 9.97 Å². The Morgan fingerprint density at radius 2 is 1.04 bits per heavy atom. The largest absolute Gasteiger partial charge is 0.481 e. The Hall–Kier alpha value is -6.20. The van der Waals surface area contributed by atoms with E-state index in [2.05, 4.69) is 20.6 Å². The lowest BCUT2D eigenvalue weighted by atomic mass is 10.0. The summed E-state index contributed by atoms with van der Waals surface area (Å²) in [5.74, 6) is -3.08. The summed E-state index contributed by atoms with van der Waals surface area (Å²) >= 11 is 0. The van der Waals surface area contributed by atoms with Gasteiger partial charge < -0.3 is 29.6 Å². The number of alkyl halides is 6. The van der Waals surface area contributed by atoms with E-state index in [-0.39, 0.29) is 28.7 Å². The maximum absolute atomic E-state index is 13.1. The molecule has 2 aromatic carbocycles. The quantitative estimate of drug-likeness (QED) is 0.131. The van der Waals surface area contributed by atoms with Crippen LogP contribution in [0.4, 0.5) is 37.8 Å². The Morgan fingerprint density at radius 1 is 0.571 bits per heavy atom. The first-order valence-corrected chi connectivity index (χ1v) is 16.3. The number of anilines is 2. The Kier molecular flexibility index (Phi) is 13.8. The van der Waals surface area contributed by atoms with E-state index in [9.17, 15) is 45.5 Å². The molecular weight excluding hydrogens is 754 g/mol. The number of carbonyl (C=O) groups is 4. The molecule has 12 nitrogen and oxygen atoms in total. The fourth-order valence-corrected chi connectivity index (χ4v) is 4.42. The fourth-order valence-electron chi connectivity index (χ4n) is 4.42. The van der Waals surface area contributed by atoms with Crippen LogP contribution in [0, 0.1) is 0 Å². The Balaban J connectivity index is 0.000000300. The first-order chi connectivity index (χ1) is 25.8. The zero-order valence-corrected chi connectivity index (χ0v) is 31.4. The predicted molar refractivity (Wildman–Crippen MR) is 191 cm³/mol. The highest BCUT2D eigenvalue weighted by Gasteiger charge is 2.35. The highest BCUT2D eigenvalue weighted by Crippen LogP contribution is 2.33. The number of carbonyl (C=O) groups excluding carboxylic acids is 4. The molecule has 56 heavy (non-hydrogen) atoms. The number of nitrogens with zero attached hydrogens (tertiary/aromatic N) is 2. The summed E-state index contributed by atoms with van der Waals surface area (Å²) in [5, 5.41) is 4.93. The van der Waals surface area contributed by atoms with Gasteiger partial charge >= 0.3 is 24.3 Å². The number of rotatable bonds is 8. The van der Waals surface area contributed by atoms with E-state index < -0.39 is 69.6 Å². The lowest BCUT2D eigenvalue weighted by Crippen LogP contribution is -2.26. The summed E-state index contributed by atoms with van der Waals surface area (Å²) in [7, 11) is 2.79. The number of pyridine rings is 2. The van der Waals surface area contributed by atoms with Gasteiger partial charge in [-0.05, 0) is 90.1 Å². The number of hydrogen-bond acceptors (Lipinski definition) is 10. The second kappa shape index (κ2) is 17.5. The molecule has 0 aliphatic rings. The zero-order valence-electron chi connectivity index (χ0n) is 31.4. The molecule has 18 heteroatoms. The third kappa shape index (κ3) is 13.0. The molecule has 4 rings (SSSR count). The summed E-state index contributed by atoms with van der Waals surface area (Å²) in [6, 6.07) is 12.0. The molecule has 2 heterocycles. The topological polar surface area (TPSA) is 155 Å². The summed E-state index contributed by atoms with van der Waals surface area (Å²) in [6.45, 7) is 9.42. The number of ether oxygens (including phenoxy) is 4. The minimum Gasteiger partial charge on any atom is -0.481 e. The molecule has 2 aromatic heterocycles. The average Bonchev–Trinajstić information content (AvgIpc) is 3.09. The average molecular weight is 793 g/mol. The highest BCUT2D eigenvalue weighted by molar-refractivity contribution is 6.12. The number of aromatic nitrogens is 2. The maximum atomic E-state index is 13.1. The van der Waals surface area contributed by atoms with Gasteiger partial charge in [-0.3, -0.25) is 9.59 Å². The number of amides is 2. The summed E-state index contributed by atoms with van der Waals surface area (Å²) in [6.07, 6.45) is -7.97. The van der Waals surface area contributed by atoms with Gasteiger partial charge in [0.05, 0.1) is 47.6 Å². The summed E-state index contributed by atoms with van der Waals surface area (Å²) in [5.41, 5.74) is -5.23. The third-order valence-corrected chi connectivity index (χ3v) is 6.80. The molecule has 2 amide bonds. The van der Waals surface area contributed by atoms with Crippen molar-refractivity contribution in [3.05, 3.63) is 106 Å². The van der Waals surface area contributed by atoms with Crippen LogP contribution in [0.3, 0.4) is 0 Å². The Labute approximate surface area is 317 Å². The molecule has 0 atom stereocenters. The molecule has 0 bridgehead atoms. The molecule has 2 N–H and O–H groups in total. The number of methoxy groups -OCH3 is 2. The smallest absolute Gasteiger partial charge is 0.416 e. The zero-order chi connectivity index (χ0) is 42.2. The molecule has 4 aromatic rings. The molecule has 0 radical (unpaired) electrons. The molecule has 0 aliphatic heterocycles. The number of benzene rings is 2. The van der Waals surface area contributed by atoms with Crippen LogP contribution in [0.5, 0.6) is 11.8 Å². The van der Waals surface area contributed by atoms with E-state index in [1.54, 1.807) is 53.7 Å². The lowest BCUT2D eigenvalue weighted by Gasteiger charge is -2.21. The van der Waals surface area contributed by atoms with Crippen LogP contribution in [0.25, 0.3) is 0 Å². The second-order valence-corrected chi connectivity index (χ2v) is 13.6. The van der Waals surface area contributed by atoms with Gasteiger partial charge in [-0.2, -0.15) is 31.3 Å². The van der Waals surface area contributed by atoms with Crippen molar-refractivity contribution in [1.29, 1.82) is 0 Å². The molecule has 0 saturated heterocycles. The second-order valence-electron chi connectivity index (χ2n) is 13.6. The van der Waals surface area contributed by atoms with Crippen molar-refractivity contribution in [2.75, 3.05) is 24.9 Å². The molecule has 0 saturated carbocycles.